The van der Waals surface area contributed by atoms with Crippen LogP contribution in [-0.4, -0.2) is 30.1 Å². The van der Waals surface area contributed by atoms with Crippen molar-refractivity contribution in [2.24, 2.45) is 0 Å². The Balaban J connectivity index is 1.93. The molecule has 0 unspecified atom stereocenters. The van der Waals surface area contributed by atoms with Gasteiger partial charge >= 0.3 is 6.09 Å². The lowest BCUT2D eigenvalue weighted by atomic mass is 10.1. The Morgan fingerprint density at radius 1 is 0.897 bits per heavy atom. The zero-order valence-electron chi connectivity index (χ0n) is 17.2. The number of carbonyl (C=O) groups is 3. The lowest BCUT2D eigenvalue weighted by Gasteiger charge is -2.19. The largest absolute Gasteiger partial charge is 0.444 e. The van der Waals surface area contributed by atoms with Crippen LogP contribution in [0.25, 0.3) is 0 Å². The summed E-state index contributed by atoms with van der Waals surface area (Å²) in [6.07, 6.45) is -0.447. The highest BCUT2D eigenvalue weighted by molar-refractivity contribution is 6.01. The van der Waals surface area contributed by atoms with Crippen LogP contribution in [0.5, 0.6) is 0 Å². The highest BCUT2D eigenvalue weighted by atomic mass is 16.6. The van der Waals surface area contributed by atoms with Gasteiger partial charge in [0.2, 0.25) is 11.8 Å². The normalized spacial score (nSPS) is 10.8. The molecule has 7 nitrogen and oxygen atoms in total. The molecule has 3 N–H and O–H groups in total. The first-order valence-corrected chi connectivity index (χ1v) is 9.33. The van der Waals surface area contributed by atoms with Gasteiger partial charge in [-0.25, -0.2) is 4.79 Å². The van der Waals surface area contributed by atoms with Crippen LogP contribution in [0.2, 0.25) is 0 Å². The van der Waals surface area contributed by atoms with Crippen molar-refractivity contribution in [3.05, 3.63) is 59.7 Å². The number of nitrogens with one attached hydrogen (secondary N) is 3. The standard InChI is InChI=1S/C22H27N3O4/c1-15-8-7-9-16(12-15)13-19(26)24-17-10-5-6-11-18(17)25-20(27)14-23-21(28)29-22(2,3)4/h5-12H,13-14H2,1-4H3,(H,23,28)(H,24,26)(H,25,27). The fourth-order valence-corrected chi connectivity index (χ4v) is 2.56. The predicted molar refractivity (Wildman–Crippen MR) is 113 cm³/mol. The second-order valence-electron chi connectivity index (χ2n) is 7.66. The van der Waals surface area contributed by atoms with E-state index in [4.69, 9.17) is 4.74 Å². The molecule has 29 heavy (non-hydrogen) atoms. The van der Waals surface area contributed by atoms with Gasteiger partial charge in [0.25, 0.3) is 0 Å². The molecule has 3 amide bonds. The highest BCUT2D eigenvalue weighted by Crippen LogP contribution is 2.21. The van der Waals surface area contributed by atoms with Crippen molar-refractivity contribution in [2.45, 2.75) is 39.7 Å². The van der Waals surface area contributed by atoms with Crippen molar-refractivity contribution < 1.29 is 19.1 Å². The molecule has 154 valence electrons. The molecule has 0 aromatic heterocycles. The van der Waals surface area contributed by atoms with E-state index in [2.05, 4.69) is 16.0 Å². The summed E-state index contributed by atoms with van der Waals surface area (Å²) in [6.45, 7) is 6.94. The van der Waals surface area contributed by atoms with Crippen LogP contribution in [0.4, 0.5) is 16.2 Å². The van der Waals surface area contributed by atoms with Gasteiger partial charge in [-0.3, -0.25) is 9.59 Å². The van der Waals surface area contributed by atoms with E-state index in [9.17, 15) is 14.4 Å². The zero-order chi connectivity index (χ0) is 21.4. The summed E-state index contributed by atoms with van der Waals surface area (Å²) >= 11 is 0. The summed E-state index contributed by atoms with van der Waals surface area (Å²) in [5, 5.41) is 7.89. The Morgan fingerprint density at radius 3 is 2.10 bits per heavy atom. The molecule has 0 aliphatic rings. The summed E-state index contributed by atoms with van der Waals surface area (Å²) in [5.41, 5.74) is 2.28. The van der Waals surface area contributed by atoms with Gasteiger partial charge < -0.3 is 20.7 Å². The van der Waals surface area contributed by atoms with E-state index in [0.717, 1.165) is 11.1 Å². The minimum Gasteiger partial charge on any atom is -0.444 e. The zero-order valence-corrected chi connectivity index (χ0v) is 17.2. The number of alkyl carbamates (subject to hydrolysis) is 1. The van der Waals surface area contributed by atoms with E-state index in [1.54, 1.807) is 45.0 Å². The number of para-hydroxylation sites is 2. The van der Waals surface area contributed by atoms with Crippen molar-refractivity contribution in [1.82, 2.24) is 5.32 Å². The number of aryl methyl sites for hydroxylation is 1. The molecule has 0 aliphatic carbocycles. The first-order valence-electron chi connectivity index (χ1n) is 9.33. The molecule has 0 bridgehead atoms. The summed E-state index contributed by atoms with van der Waals surface area (Å²) in [4.78, 5) is 36.2. The Labute approximate surface area is 170 Å². The first-order chi connectivity index (χ1) is 13.6. The molecule has 0 spiro atoms. The molecule has 0 saturated heterocycles. The molecule has 2 rings (SSSR count). The van der Waals surface area contributed by atoms with Gasteiger partial charge in [-0.15, -0.1) is 0 Å². The van der Waals surface area contributed by atoms with E-state index in [0.29, 0.717) is 11.4 Å². The number of ether oxygens (including phenoxy) is 1. The van der Waals surface area contributed by atoms with Crippen molar-refractivity contribution in [2.75, 3.05) is 17.2 Å². The lowest BCUT2D eigenvalue weighted by molar-refractivity contribution is -0.116. The molecule has 0 radical (unpaired) electrons. The van der Waals surface area contributed by atoms with Gasteiger partial charge in [0, 0.05) is 0 Å². The average Bonchev–Trinajstić information content (AvgIpc) is 2.60. The molecule has 0 heterocycles. The van der Waals surface area contributed by atoms with Gasteiger partial charge in [-0.05, 0) is 45.4 Å². The van der Waals surface area contributed by atoms with E-state index in [1.807, 2.05) is 31.2 Å². The molecule has 7 heteroatoms. The van der Waals surface area contributed by atoms with Gasteiger partial charge in [-0.2, -0.15) is 0 Å². The number of hydrogen-bond acceptors (Lipinski definition) is 4. The number of hydrogen-bond donors (Lipinski definition) is 3. The molecule has 2 aromatic carbocycles. The number of anilines is 2. The Kier molecular flexibility index (Phi) is 7.36. The van der Waals surface area contributed by atoms with Crippen molar-refractivity contribution in [3.8, 4) is 0 Å². The Morgan fingerprint density at radius 2 is 1.52 bits per heavy atom. The third kappa shape index (κ3) is 8.04. The Hall–Kier alpha value is -3.35. The van der Waals surface area contributed by atoms with E-state index >= 15 is 0 Å². The van der Waals surface area contributed by atoms with Crippen LogP contribution in [0, 0.1) is 6.92 Å². The lowest BCUT2D eigenvalue weighted by Crippen LogP contribution is -2.37. The maximum Gasteiger partial charge on any atom is 0.408 e. The van der Waals surface area contributed by atoms with Crippen molar-refractivity contribution in [1.29, 1.82) is 0 Å². The molecular weight excluding hydrogens is 370 g/mol. The molecule has 0 atom stereocenters. The molecule has 0 fully saturated rings. The summed E-state index contributed by atoms with van der Waals surface area (Å²) in [6, 6.07) is 14.6. The quantitative estimate of drug-likeness (QED) is 0.693. The maximum atomic E-state index is 12.4. The van der Waals surface area contributed by atoms with Crippen LogP contribution in [0.3, 0.4) is 0 Å². The molecule has 0 aliphatic heterocycles. The minimum atomic E-state index is -0.674. The van der Waals surface area contributed by atoms with Gasteiger partial charge in [0.05, 0.1) is 17.8 Å². The summed E-state index contributed by atoms with van der Waals surface area (Å²) in [7, 11) is 0. The number of rotatable bonds is 6. The van der Waals surface area contributed by atoms with E-state index in [1.165, 1.54) is 0 Å². The second kappa shape index (κ2) is 9.73. The number of benzene rings is 2. The van der Waals surface area contributed by atoms with Crippen LogP contribution in [0.1, 0.15) is 31.9 Å². The predicted octanol–water partition coefficient (Wildman–Crippen LogP) is 3.64. The van der Waals surface area contributed by atoms with Gasteiger partial charge in [-0.1, -0.05) is 42.0 Å². The highest BCUT2D eigenvalue weighted by Gasteiger charge is 2.17. The topological polar surface area (TPSA) is 96.5 Å². The van der Waals surface area contributed by atoms with Gasteiger partial charge in [0.1, 0.15) is 12.1 Å². The third-order valence-corrected chi connectivity index (χ3v) is 3.71. The van der Waals surface area contributed by atoms with Gasteiger partial charge in [0.15, 0.2) is 0 Å². The summed E-state index contributed by atoms with van der Waals surface area (Å²) < 4.78 is 5.09. The van der Waals surface area contributed by atoms with E-state index < -0.39 is 17.6 Å². The fraction of sp³-hybridized carbons (Fsp3) is 0.318. The first kappa shape index (κ1) is 21.9. The van der Waals surface area contributed by atoms with Crippen LogP contribution < -0.4 is 16.0 Å². The fourth-order valence-electron chi connectivity index (χ4n) is 2.56. The third-order valence-electron chi connectivity index (χ3n) is 3.71. The van der Waals surface area contributed by atoms with E-state index in [-0.39, 0.29) is 18.9 Å². The SMILES string of the molecule is Cc1cccc(CC(=O)Nc2ccccc2NC(=O)CNC(=O)OC(C)(C)C)c1. The van der Waals surface area contributed by atoms with Crippen LogP contribution in [0.15, 0.2) is 48.5 Å². The monoisotopic (exact) mass is 397 g/mol. The van der Waals surface area contributed by atoms with Crippen molar-refractivity contribution >= 4 is 29.3 Å². The van der Waals surface area contributed by atoms with Crippen LogP contribution in [-0.2, 0) is 20.7 Å². The number of amides is 3. The smallest absolute Gasteiger partial charge is 0.408 e. The van der Waals surface area contributed by atoms with Crippen LogP contribution >= 0.6 is 0 Å². The molecule has 0 saturated carbocycles. The molecular formula is C22H27N3O4. The van der Waals surface area contributed by atoms with Crippen molar-refractivity contribution in [3.63, 3.8) is 0 Å². The molecule has 2 aromatic rings. The average molecular weight is 397 g/mol. The second-order valence-corrected chi connectivity index (χ2v) is 7.66. The Bertz CT molecular complexity index is 888. The number of carbonyl (C=O) groups excluding carboxylic acids is 3. The minimum absolute atomic E-state index is 0.191. The summed E-state index contributed by atoms with van der Waals surface area (Å²) in [5.74, 6) is -0.625. The maximum absolute atomic E-state index is 12.4.